The van der Waals surface area contributed by atoms with Crippen LogP contribution in [0.2, 0.25) is 0 Å². The largest absolute Gasteiger partial charge is 0.379 e. The van der Waals surface area contributed by atoms with Crippen LogP contribution in [0.4, 0.5) is 0 Å². The number of carbonyl (C=O) groups excluding carboxylic acids is 1. The second kappa shape index (κ2) is 7.73. The lowest BCUT2D eigenvalue weighted by molar-refractivity contribution is -0.127. The minimum Gasteiger partial charge on any atom is -0.379 e. The number of rotatable bonds is 6. The fraction of sp³-hybridized carbons (Fsp3) is 0.389. The summed E-state index contributed by atoms with van der Waals surface area (Å²) < 4.78 is 10.7. The molecule has 3 rings (SSSR count). The van der Waals surface area contributed by atoms with Crippen LogP contribution in [0, 0.1) is 6.92 Å². The average molecular weight is 331 g/mol. The Labute approximate surface area is 140 Å². The van der Waals surface area contributed by atoms with Crippen molar-refractivity contribution in [3.05, 3.63) is 46.8 Å². The van der Waals surface area contributed by atoms with Crippen molar-refractivity contribution >= 4 is 17.2 Å². The first-order chi connectivity index (χ1) is 11.2. The van der Waals surface area contributed by atoms with E-state index in [1.807, 2.05) is 0 Å². The Hall–Kier alpha value is -1.69. The zero-order valence-electron chi connectivity index (χ0n) is 13.2. The Bertz CT molecular complexity index is 645. The van der Waals surface area contributed by atoms with Crippen LogP contribution in [0.3, 0.4) is 0 Å². The van der Waals surface area contributed by atoms with Crippen molar-refractivity contribution in [1.29, 1.82) is 0 Å². The van der Waals surface area contributed by atoms with E-state index in [-0.39, 0.29) is 18.6 Å². The Morgan fingerprint density at radius 2 is 2.13 bits per heavy atom. The molecule has 122 valence electrons. The third kappa shape index (κ3) is 4.64. The molecule has 1 aromatic heterocycles. The highest BCUT2D eigenvalue weighted by Gasteiger charge is 2.17. The molecule has 1 aliphatic rings. The van der Waals surface area contributed by atoms with Crippen LogP contribution >= 0.6 is 11.3 Å². The van der Waals surface area contributed by atoms with E-state index in [4.69, 9.17) is 9.47 Å². The molecule has 2 aromatic rings. The van der Waals surface area contributed by atoms with Crippen molar-refractivity contribution in [3.63, 3.8) is 0 Å². The molecule has 1 aromatic carbocycles. The molecule has 2 heterocycles. The van der Waals surface area contributed by atoms with E-state index in [9.17, 15) is 4.79 Å². The van der Waals surface area contributed by atoms with Crippen molar-refractivity contribution in [2.24, 2.45) is 0 Å². The van der Waals surface area contributed by atoms with Gasteiger partial charge in [0, 0.05) is 22.9 Å². The first-order valence-corrected chi connectivity index (χ1v) is 8.64. The first-order valence-electron chi connectivity index (χ1n) is 7.82. The molecule has 1 aliphatic heterocycles. The molecule has 0 radical (unpaired) electrons. The Balaban J connectivity index is 1.45. The summed E-state index contributed by atoms with van der Waals surface area (Å²) in [7, 11) is 0. The number of amides is 1. The van der Waals surface area contributed by atoms with Gasteiger partial charge in [-0.15, -0.1) is 11.3 Å². The van der Waals surface area contributed by atoms with Crippen molar-refractivity contribution in [2.75, 3.05) is 19.8 Å². The van der Waals surface area contributed by atoms with E-state index < -0.39 is 0 Å². The maximum atomic E-state index is 11.8. The van der Waals surface area contributed by atoms with Gasteiger partial charge in [-0.1, -0.05) is 24.3 Å². The molecule has 1 atom stereocenters. The second-order valence-corrected chi connectivity index (χ2v) is 6.97. The summed E-state index contributed by atoms with van der Waals surface area (Å²) >= 11 is 1.79. The highest BCUT2D eigenvalue weighted by molar-refractivity contribution is 7.15. The molecule has 1 amide bonds. The van der Waals surface area contributed by atoms with E-state index in [1.54, 1.807) is 11.3 Å². The molecule has 23 heavy (non-hydrogen) atoms. The van der Waals surface area contributed by atoms with Gasteiger partial charge in [0.05, 0.1) is 12.7 Å². The summed E-state index contributed by atoms with van der Waals surface area (Å²) in [6.07, 6.45) is 0.936. The molecule has 5 heteroatoms. The monoisotopic (exact) mass is 331 g/mol. The van der Waals surface area contributed by atoms with Crippen molar-refractivity contribution < 1.29 is 14.3 Å². The fourth-order valence-electron chi connectivity index (χ4n) is 2.47. The summed E-state index contributed by atoms with van der Waals surface area (Å²) in [6.45, 7) is 4.05. The second-order valence-electron chi connectivity index (χ2n) is 5.68. The zero-order valence-corrected chi connectivity index (χ0v) is 14.0. The molecular weight excluding hydrogens is 310 g/mol. The number of ether oxygens (including phenoxy) is 2. The van der Waals surface area contributed by atoms with Crippen molar-refractivity contribution in [3.8, 4) is 10.4 Å². The molecule has 0 aliphatic carbocycles. The van der Waals surface area contributed by atoms with Crippen LogP contribution in [0.1, 0.15) is 16.9 Å². The van der Waals surface area contributed by atoms with Crippen LogP contribution in [0.5, 0.6) is 0 Å². The lowest BCUT2D eigenvalue weighted by Crippen LogP contribution is -2.29. The number of aryl methyl sites for hydroxylation is 1. The molecule has 0 unspecified atom stereocenters. The summed E-state index contributed by atoms with van der Waals surface area (Å²) in [6, 6.07) is 12.6. The molecule has 0 bridgehead atoms. The highest BCUT2D eigenvalue weighted by atomic mass is 32.1. The maximum Gasteiger partial charge on any atom is 0.246 e. The minimum absolute atomic E-state index is 0.0642. The quantitative estimate of drug-likeness (QED) is 0.884. The minimum atomic E-state index is -0.0881. The maximum absolute atomic E-state index is 11.8. The highest BCUT2D eigenvalue weighted by Crippen LogP contribution is 2.27. The Morgan fingerprint density at radius 1 is 1.30 bits per heavy atom. The van der Waals surface area contributed by atoms with Crippen LogP contribution in [0.25, 0.3) is 10.4 Å². The summed E-state index contributed by atoms with van der Waals surface area (Å²) in [5.41, 5.74) is 2.29. The van der Waals surface area contributed by atoms with E-state index in [1.165, 1.54) is 15.3 Å². The zero-order chi connectivity index (χ0) is 16.1. The summed E-state index contributed by atoms with van der Waals surface area (Å²) in [5.74, 6) is -0.0881. The van der Waals surface area contributed by atoms with Gasteiger partial charge in [0.1, 0.15) is 6.61 Å². The van der Waals surface area contributed by atoms with E-state index in [0.29, 0.717) is 13.2 Å². The van der Waals surface area contributed by atoms with E-state index in [0.717, 1.165) is 18.6 Å². The molecule has 1 fully saturated rings. The normalized spacial score (nSPS) is 17.3. The summed E-state index contributed by atoms with van der Waals surface area (Å²) in [4.78, 5) is 14.4. The number of nitrogens with one attached hydrogen (secondary N) is 1. The van der Waals surface area contributed by atoms with Gasteiger partial charge in [0.15, 0.2) is 0 Å². The molecule has 0 spiro atoms. The van der Waals surface area contributed by atoms with E-state index in [2.05, 4.69) is 48.6 Å². The number of hydrogen-bond acceptors (Lipinski definition) is 4. The van der Waals surface area contributed by atoms with Crippen molar-refractivity contribution in [1.82, 2.24) is 5.32 Å². The van der Waals surface area contributed by atoms with Gasteiger partial charge in [-0.05, 0) is 36.6 Å². The van der Waals surface area contributed by atoms with E-state index >= 15 is 0 Å². The molecule has 4 nitrogen and oxygen atoms in total. The fourth-order valence-corrected chi connectivity index (χ4v) is 3.34. The smallest absolute Gasteiger partial charge is 0.246 e. The standard InChI is InChI=1S/C18H21NO3S/c1-13-2-7-17(23-13)15-5-3-14(4-6-15)10-19-18(20)12-22-16-8-9-21-11-16/h2-7,16H,8-12H2,1H3,(H,19,20)/t16-/m0/s1. The van der Waals surface area contributed by atoms with Crippen molar-refractivity contribution in [2.45, 2.75) is 26.0 Å². The lowest BCUT2D eigenvalue weighted by Gasteiger charge is -2.10. The number of carbonyl (C=O) groups is 1. The number of hydrogen-bond donors (Lipinski definition) is 1. The topological polar surface area (TPSA) is 47.6 Å². The average Bonchev–Trinajstić information content (AvgIpc) is 3.23. The third-order valence-electron chi connectivity index (χ3n) is 3.81. The number of benzene rings is 1. The predicted octanol–water partition coefficient (Wildman–Crippen LogP) is 3.15. The molecule has 0 saturated carbocycles. The van der Waals surface area contributed by atoms with Crippen LogP contribution < -0.4 is 5.32 Å². The van der Waals surface area contributed by atoms with Crippen LogP contribution in [-0.4, -0.2) is 31.8 Å². The molecule has 1 N–H and O–H groups in total. The first kappa shape index (κ1) is 16.2. The van der Waals surface area contributed by atoms with Gasteiger partial charge < -0.3 is 14.8 Å². The van der Waals surface area contributed by atoms with Gasteiger partial charge >= 0.3 is 0 Å². The lowest BCUT2D eigenvalue weighted by atomic mass is 10.1. The number of thiophene rings is 1. The van der Waals surface area contributed by atoms with Gasteiger partial charge in [-0.25, -0.2) is 0 Å². The third-order valence-corrected chi connectivity index (χ3v) is 4.86. The SMILES string of the molecule is Cc1ccc(-c2ccc(CNC(=O)CO[C@H]3CCOC3)cc2)s1. The predicted molar refractivity (Wildman–Crippen MR) is 91.5 cm³/mol. The Morgan fingerprint density at radius 3 is 2.78 bits per heavy atom. The van der Waals surface area contributed by atoms with Gasteiger partial charge in [0.2, 0.25) is 5.91 Å². The van der Waals surface area contributed by atoms with Crippen LogP contribution in [-0.2, 0) is 20.8 Å². The van der Waals surface area contributed by atoms with Crippen LogP contribution in [0.15, 0.2) is 36.4 Å². The van der Waals surface area contributed by atoms with Gasteiger partial charge in [-0.2, -0.15) is 0 Å². The molecular formula is C18H21NO3S. The Kier molecular flexibility index (Phi) is 5.43. The summed E-state index contributed by atoms with van der Waals surface area (Å²) in [5, 5.41) is 2.88. The van der Waals surface area contributed by atoms with Gasteiger partial charge in [0.25, 0.3) is 0 Å². The van der Waals surface area contributed by atoms with Gasteiger partial charge in [-0.3, -0.25) is 4.79 Å². The molecule has 1 saturated heterocycles.